The predicted octanol–water partition coefficient (Wildman–Crippen LogP) is 1.82. The number of nitro groups is 1. The Hall–Kier alpha value is -1.91. The Bertz CT molecular complexity index is 376. The molecular formula is C10H11NO4. The van der Waals surface area contributed by atoms with Gasteiger partial charge in [0.15, 0.2) is 0 Å². The molecule has 0 saturated carbocycles. The molecule has 0 spiro atoms. The standard InChI is InChI=1S/C10H11NO4/c12-6-2-1-3-8-4-5-9(13)7-10(8)11(14)15/h4-7,13H,1-3H2. The molecule has 5 nitrogen and oxygen atoms in total. The molecule has 0 unspecified atom stereocenters. The second-order valence-corrected chi connectivity index (χ2v) is 3.13. The highest BCUT2D eigenvalue weighted by Crippen LogP contribution is 2.24. The Morgan fingerprint density at radius 1 is 1.47 bits per heavy atom. The first kappa shape index (κ1) is 11.2. The molecule has 0 heterocycles. The van der Waals surface area contributed by atoms with Crippen molar-refractivity contribution in [2.24, 2.45) is 0 Å². The summed E-state index contributed by atoms with van der Waals surface area (Å²) in [4.78, 5) is 20.2. The summed E-state index contributed by atoms with van der Waals surface area (Å²) >= 11 is 0. The van der Waals surface area contributed by atoms with Crippen molar-refractivity contribution < 1.29 is 14.8 Å². The third-order valence-corrected chi connectivity index (χ3v) is 2.03. The Balaban J connectivity index is 2.85. The molecule has 0 aliphatic heterocycles. The number of phenolic OH excluding ortho intramolecular Hbond substituents is 1. The van der Waals surface area contributed by atoms with Crippen molar-refractivity contribution in [3.05, 3.63) is 33.9 Å². The number of hydrogen-bond donors (Lipinski definition) is 1. The third kappa shape index (κ3) is 3.05. The minimum Gasteiger partial charge on any atom is -0.508 e. The first-order valence-corrected chi connectivity index (χ1v) is 4.55. The van der Waals surface area contributed by atoms with Gasteiger partial charge < -0.3 is 9.90 Å². The molecule has 1 aromatic rings. The number of aromatic hydroxyl groups is 1. The molecule has 0 aliphatic carbocycles. The normalized spacial score (nSPS) is 9.87. The van der Waals surface area contributed by atoms with Crippen LogP contribution in [-0.2, 0) is 11.2 Å². The Kier molecular flexibility index (Phi) is 3.79. The number of carbonyl (C=O) groups excluding carboxylic acids is 1. The number of carbonyl (C=O) groups is 1. The Morgan fingerprint density at radius 2 is 2.20 bits per heavy atom. The predicted molar refractivity (Wildman–Crippen MR) is 53.8 cm³/mol. The molecule has 1 rings (SSSR count). The number of nitrogens with zero attached hydrogens (tertiary/aromatic N) is 1. The number of benzene rings is 1. The maximum Gasteiger partial charge on any atom is 0.276 e. The monoisotopic (exact) mass is 209 g/mol. The molecule has 0 bridgehead atoms. The van der Waals surface area contributed by atoms with Gasteiger partial charge in [-0.05, 0) is 25.0 Å². The van der Waals surface area contributed by atoms with Crippen molar-refractivity contribution in [2.45, 2.75) is 19.3 Å². The van der Waals surface area contributed by atoms with Gasteiger partial charge in [0.2, 0.25) is 0 Å². The molecule has 1 aromatic carbocycles. The van der Waals surface area contributed by atoms with Crippen LogP contribution in [0.25, 0.3) is 0 Å². The van der Waals surface area contributed by atoms with Gasteiger partial charge in [-0.25, -0.2) is 0 Å². The van der Waals surface area contributed by atoms with E-state index in [0.29, 0.717) is 24.8 Å². The minimum absolute atomic E-state index is 0.0964. The second-order valence-electron chi connectivity index (χ2n) is 3.13. The lowest BCUT2D eigenvalue weighted by Gasteiger charge is -2.01. The van der Waals surface area contributed by atoms with Crippen molar-refractivity contribution in [3.8, 4) is 5.75 Å². The first-order valence-electron chi connectivity index (χ1n) is 4.55. The fourth-order valence-electron chi connectivity index (χ4n) is 1.31. The number of rotatable bonds is 5. The van der Waals surface area contributed by atoms with E-state index in [1.807, 2.05) is 0 Å². The molecule has 0 saturated heterocycles. The average Bonchev–Trinajstić information content (AvgIpc) is 2.20. The number of phenols is 1. The van der Waals surface area contributed by atoms with Crippen LogP contribution >= 0.6 is 0 Å². The zero-order chi connectivity index (χ0) is 11.3. The van der Waals surface area contributed by atoms with Crippen molar-refractivity contribution in [1.82, 2.24) is 0 Å². The van der Waals surface area contributed by atoms with Gasteiger partial charge in [-0.2, -0.15) is 0 Å². The summed E-state index contributed by atoms with van der Waals surface area (Å²) in [5.74, 6) is -0.124. The van der Waals surface area contributed by atoms with Gasteiger partial charge in [-0.15, -0.1) is 0 Å². The SMILES string of the molecule is O=CCCCc1ccc(O)cc1[N+](=O)[O-]. The molecule has 0 aromatic heterocycles. The fraction of sp³-hybridized carbons (Fsp3) is 0.300. The molecule has 15 heavy (non-hydrogen) atoms. The summed E-state index contributed by atoms with van der Waals surface area (Å²) in [6.45, 7) is 0. The van der Waals surface area contributed by atoms with Gasteiger partial charge in [0.1, 0.15) is 12.0 Å². The smallest absolute Gasteiger partial charge is 0.276 e. The number of unbranched alkanes of at least 4 members (excludes halogenated alkanes) is 1. The largest absolute Gasteiger partial charge is 0.508 e. The zero-order valence-corrected chi connectivity index (χ0v) is 8.05. The number of aldehydes is 1. The maximum absolute atomic E-state index is 10.6. The highest BCUT2D eigenvalue weighted by molar-refractivity contribution is 5.50. The van der Waals surface area contributed by atoms with Crippen LogP contribution in [0, 0.1) is 10.1 Å². The highest BCUT2D eigenvalue weighted by atomic mass is 16.6. The van der Waals surface area contributed by atoms with Crippen molar-refractivity contribution in [3.63, 3.8) is 0 Å². The first-order chi connectivity index (χ1) is 7.15. The molecule has 5 heteroatoms. The number of nitro benzene ring substituents is 1. The van der Waals surface area contributed by atoms with Gasteiger partial charge >= 0.3 is 0 Å². The van der Waals surface area contributed by atoms with E-state index in [4.69, 9.17) is 5.11 Å². The van der Waals surface area contributed by atoms with Crippen molar-refractivity contribution in [2.75, 3.05) is 0 Å². The highest BCUT2D eigenvalue weighted by Gasteiger charge is 2.13. The van der Waals surface area contributed by atoms with Gasteiger partial charge in [0.25, 0.3) is 5.69 Å². The van der Waals surface area contributed by atoms with E-state index in [1.54, 1.807) is 0 Å². The summed E-state index contributed by atoms with van der Waals surface area (Å²) in [5, 5.41) is 19.7. The Labute approximate surface area is 86.5 Å². The van der Waals surface area contributed by atoms with E-state index in [1.165, 1.54) is 12.1 Å². The second kappa shape index (κ2) is 5.09. The Morgan fingerprint density at radius 3 is 2.80 bits per heavy atom. The van der Waals surface area contributed by atoms with Crippen LogP contribution in [0.3, 0.4) is 0 Å². The van der Waals surface area contributed by atoms with E-state index in [0.717, 1.165) is 12.4 Å². The summed E-state index contributed by atoms with van der Waals surface area (Å²) < 4.78 is 0. The van der Waals surface area contributed by atoms with Crippen LogP contribution in [0.2, 0.25) is 0 Å². The van der Waals surface area contributed by atoms with E-state index >= 15 is 0 Å². The quantitative estimate of drug-likeness (QED) is 0.347. The lowest BCUT2D eigenvalue weighted by molar-refractivity contribution is -0.385. The fourth-order valence-corrected chi connectivity index (χ4v) is 1.31. The molecule has 0 atom stereocenters. The summed E-state index contributed by atoms with van der Waals surface area (Å²) in [6.07, 6.45) is 2.22. The van der Waals surface area contributed by atoms with Crippen LogP contribution in [0.5, 0.6) is 5.75 Å². The average molecular weight is 209 g/mol. The van der Waals surface area contributed by atoms with Crippen LogP contribution in [-0.4, -0.2) is 16.3 Å². The molecule has 0 aliphatic rings. The molecule has 0 fully saturated rings. The molecular weight excluding hydrogens is 198 g/mol. The maximum atomic E-state index is 10.6. The number of aryl methyl sites for hydroxylation is 1. The van der Waals surface area contributed by atoms with Gasteiger partial charge in [-0.3, -0.25) is 10.1 Å². The van der Waals surface area contributed by atoms with E-state index in [9.17, 15) is 14.9 Å². The molecule has 0 amide bonds. The third-order valence-electron chi connectivity index (χ3n) is 2.03. The summed E-state index contributed by atoms with van der Waals surface area (Å²) in [7, 11) is 0. The lowest BCUT2D eigenvalue weighted by Crippen LogP contribution is -1.95. The van der Waals surface area contributed by atoms with E-state index in [-0.39, 0.29) is 11.4 Å². The van der Waals surface area contributed by atoms with Crippen molar-refractivity contribution in [1.29, 1.82) is 0 Å². The lowest BCUT2D eigenvalue weighted by atomic mass is 10.1. The zero-order valence-electron chi connectivity index (χ0n) is 8.05. The van der Waals surface area contributed by atoms with Crippen molar-refractivity contribution >= 4 is 12.0 Å². The van der Waals surface area contributed by atoms with Crippen LogP contribution in [0.4, 0.5) is 5.69 Å². The molecule has 80 valence electrons. The summed E-state index contributed by atoms with van der Waals surface area (Å²) in [5.41, 5.74) is 0.445. The number of hydrogen-bond acceptors (Lipinski definition) is 4. The van der Waals surface area contributed by atoms with Crippen LogP contribution in [0.15, 0.2) is 18.2 Å². The minimum atomic E-state index is -0.532. The topological polar surface area (TPSA) is 80.4 Å². The van der Waals surface area contributed by atoms with E-state index < -0.39 is 4.92 Å². The van der Waals surface area contributed by atoms with Gasteiger partial charge in [-0.1, -0.05) is 0 Å². The van der Waals surface area contributed by atoms with Crippen LogP contribution in [0.1, 0.15) is 18.4 Å². The van der Waals surface area contributed by atoms with Gasteiger partial charge in [0.05, 0.1) is 11.0 Å². The molecule has 0 radical (unpaired) electrons. The van der Waals surface area contributed by atoms with Crippen LogP contribution < -0.4 is 0 Å². The molecule has 1 N–H and O–H groups in total. The summed E-state index contributed by atoms with van der Waals surface area (Å²) in [6, 6.07) is 4.04. The van der Waals surface area contributed by atoms with E-state index in [2.05, 4.69) is 0 Å². The van der Waals surface area contributed by atoms with Gasteiger partial charge in [0, 0.05) is 12.0 Å².